The number of methoxy groups -OCH3 is 2. The van der Waals surface area contributed by atoms with Crippen LogP contribution in [0.25, 0.3) is 0 Å². The number of carbonyl (C=O) groups is 1. The third-order valence-corrected chi connectivity index (χ3v) is 4.95. The van der Waals surface area contributed by atoms with Crippen LogP contribution in [-0.2, 0) is 4.79 Å². The number of benzene rings is 1. The number of piperidine rings is 1. The predicted molar refractivity (Wildman–Crippen MR) is 93.7 cm³/mol. The molecule has 1 saturated heterocycles. The van der Waals surface area contributed by atoms with Crippen LogP contribution in [0.3, 0.4) is 0 Å². The average molecular weight is 335 g/mol. The lowest BCUT2D eigenvalue weighted by Crippen LogP contribution is -2.39. The summed E-state index contributed by atoms with van der Waals surface area (Å²) in [7, 11) is 3.34. The van der Waals surface area contributed by atoms with Gasteiger partial charge in [-0.15, -0.1) is 0 Å². The highest BCUT2D eigenvalue weighted by atomic mass is 16.5. The Labute approximate surface area is 144 Å². The molecule has 5 nitrogen and oxygen atoms in total. The molecule has 2 rings (SSSR count). The third-order valence-electron chi connectivity index (χ3n) is 4.95. The molecule has 0 amide bonds. The Hall–Kier alpha value is -1.75. The Morgan fingerprint density at radius 3 is 2.54 bits per heavy atom. The molecule has 0 bridgehead atoms. The summed E-state index contributed by atoms with van der Waals surface area (Å²) in [5.41, 5.74) is 1.17. The van der Waals surface area contributed by atoms with Crippen LogP contribution >= 0.6 is 0 Å². The zero-order chi connectivity index (χ0) is 17.5. The minimum atomic E-state index is -0.665. The minimum absolute atomic E-state index is 0.203. The van der Waals surface area contributed by atoms with Gasteiger partial charge in [0.05, 0.1) is 20.1 Å². The van der Waals surface area contributed by atoms with Crippen LogP contribution in [-0.4, -0.2) is 43.3 Å². The lowest BCUT2D eigenvalue weighted by Gasteiger charge is -2.37. The van der Waals surface area contributed by atoms with E-state index in [0.717, 1.165) is 56.7 Å². The van der Waals surface area contributed by atoms with Crippen molar-refractivity contribution in [1.82, 2.24) is 4.90 Å². The van der Waals surface area contributed by atoms with E-state index in [1.165, 1.54) is 5.56 Å². The van der Waals surface area contributed by atoms with Gasteiger partial charge in [-0.2, -0.15) is 0 Å². The fourth-order valence-electron chi connectivity index (χ4n) is 3.48. The van der Waals surface area contributed by atoms with Crippen molar-refractivity contribution in [3.8, 4) is 11.5 Å². The summed E-state index contributed by atoms with van der Waals surface area (Å²) in [6.45, 7) is 3.83. The first-order valence-corrected chi connectivity index (χ1v) is 8.79. The summed E-state index contributed by atoms with van der Waals surface area (Å²) in [5, 5.41) is 9.21. The number of hydrogen-bond donors (Lipinski definition) is 1. The number of unbranched alkanes of at least 4 members (excludes halogenated alkanes) is 1. The monoisotopic (exact) mass is 335 g/mol. The number of ether oxygens (including phenoxy) is 2. The van der Waals surface area contributed by atoms with Crippen molar-refractivity contribution in [1.29, 1.82) is 0 Å². The fraction of sp³-hybridized carbons (Fsp3) is 0.632. The molecule has 134 valence electrons. The Morgan fingerprint density at radius 2 is 2.00 bits per heavy atom. The van der Waals surface area contributed by atoms with Crippen molar-refractivity contribution in [2.45, 2.75) is 45.1 Å². The largest absolute Gasteiger partial charge is 0.497 e. The molecular formula is C19H29NO4. The van der Waals surface area contributed by atoms with Crippen molar-refractivity contribution >= 4 is 5.97 Å². The molecule has 0 radical (unpaired) electrons. The molecule has 0 spiro atoms. The number of nitrogens with zero attached hydrogens (tertiary/aromatic N) is 1. The summed E-state index contributed by atoms with van der Waals surface area (Å²) >= 11 is 0. The Balaban J connectivity index is 2.21. The standard InChI is InChI=1S/C19H29NO4/c1-4-5-6-17(20-11-9-14(10-12-20)19(21)22)16-8-7-15(23-2)13-18(16)24-3/h7-8,13-14,17H,4-6,9-12H2,1-3H3,(H,21,22). The van der Waals surface area contributed by atoms with Gasteiger partial charge in [0.2, 0.25) is 0 Å². The van der Waals surface area contributed by atoms with Crippen LogP contribution in [0.4, 0.5) is 0 Å². The molecule has 1 aromatic carbocycles. The molecule has 24 heavy (non-hydrogen) atoms. The second-order valence-electron chi connectivity index (χ2n) is 6.41. The highest BCUT2D eigenvalue weighted by molar-refractivity contribution is 5.70. The van der Waals surface area contributed by atoms with E-state index >= 15 is 0 Å². The van der Waals surface area contributed by atoms with E-state index in [0.29, 0.717) is 0 Å². The SMILES string of the molecule is CCCCC(c1ccc(OC)cc1OC)N1CCC(C(=O)O)CC1. The second kappa shape index (κ2) is 8.92. The summed E-state index contributed by atoms with van der Waals surface area (Å²) in [6, 6.07) is 6.25. The summed E-state index contributed by atoms with van der Waals surface area (Å²) in [4.78, 5) is 13.6. The van der Waals surface area contributed by atoms with E-state index < -0.39 is 5.97 Å². The maximum atomic E-state index is 11.2. The highest BCUT2D eigenvalue weighted by Gasteiger charge is 2.30. The number of likely N-dealkylation sites (tertiary alicyclic amines) is 1. The van der Waals surface area contributed by atoms with Gasteiger partial charge in [-0.3, -0.25) is 9.69 Å². The lowest BCUT2D eigenvalue weighted by molar-refractivity contribution is -0.143. The minimum Gasteiger partial charge on any atom is -0.497 e. The maximum absolute atomic E-state index is 11.2. The quantitative estimate of drug-likeness (QED) is 0.784. The van der Waals surface area contributed by atoms with Crippen molar-refractivity contribution < 1.29 is 19.4 Å². The predicted octanol–water partition coefficient (Wildman–Crippen LogP) is 3.73. The van der Waals surface area contributed by atoms with E-state index in [1.54, 1.807) is 14.2 Å². The Bertz CT molecular complexity index is 538. The van der Waals surface area contributed by atoms with Gasteiger partial charge in [-0.1, -0.05) is 25.8 Å². The average Bonchev–Trinajstić information content (AvgIpc) is 2.62. The van der Waals surface area contributed by atoms with E-state index in [-0.39, 0.29) is 12.0 Å². The number of rotatable bonds is 8. The van der Waals surface area contributed by atoms with E-state index in [9.17, 15) is 9.90 Å². The maximum Gasteiger partial charge on any atom is 0.306 e. The number of aliphatic carboxylic acids is 1. The smallest absolute Gasteiger partial charge is 0.306 e. The van der Waals surface area contributed by atoms with Gasteiger partial charge < -0.3 is 14.6 Å². The van der Waals surface area contributed by atoms with Crippen LogP contribution in [0.2, 0.25) is 0 Å². The first kappa shape index (κ1) is 18.6. The molecule has 5 heteroatoms. The van der Waals surface area contributed by atoms with Crippen LogP contribution < -0.4 is 9.47 Å². The van der Waals surface area contributed by atoms with Gasteiger partial charge in [-0.25, -0.2) is 0 Å². The van der Waals surface area contributed by atoms with Gasteiger partial charge in [0.15, 0.2) is 0 Å². The molecule has 1 aliphatic rings. The van der Waals surface area contributed by atoms with E-state index in [1.807, 2.05) is 12.1 Å². The first-order chi connectivity index (χ1) is 11.6. The third kappa shape index (κ3) is 4.41. The molecule has 0 saturated carbocycles. The molecule has 0 aliphatic carbocycles. The molecule has 1 aromatic rings. The number of hydrogen-bond acceptors (Lipinski definition) is 4. The molecule has 1 fully saturated rings. The van der Waals surface area contributed by atoms with Gasteiger partial charge in [0.1, 0.15) is 11.5 Å². The van der Waals surface area contributed by atoms with Crippen molar-refractivity contribution in [3.63, 3.8) is 0 Å². The number of carboxylic acids is 1. The molecule has 1 heterocycles. The lowest BCUT2D eigenvalue weighted by atomic mass is 9.92. The van der Waals surface area contributed by atoms with Crippen molar-refractivity contribution in [3.05, 3.63) is 23.8 Å². The van der Waals surface area contributed by atoms with Crippen molar-refractivity contribution in [2.75, 3.05) is 27.3 Å². The molecule has 1 atom stereocenters. The van der Waals surface area contributed by atoms with Crippen LogP contribution in [0.1, 0.15) is 50.6 Å². The first-order valence-electron chi connectivity index (χ1n) is 8.79. The normalized spacial score (nSPS) is 17.5. The zero-order valence-electron chi connectivity index (χ0n) is 15.0. The Morgan fingerprint density at radius 1 is 1.29 bits per heavy atom. The highest BCUT2D eigenvalue weighted by Crippen LogP contribution is 2.37. The summed E-state index contributed by atoms with van der Waals surface area (Å²) in [6.07, 6.45) is 4.77. The van der Waals surface area contributed by atoms with Gasteiger partial charge >= 0.3 is 5.97 Å². The second-order valence-corrected chi connectivity index (χ2v) is 6.41. The van der Waals surface area contributed by atoms with Gasteiger partial charge in [0.25, 0.3) is 0 Å². The summed E-state index contributed by atoms with van der Waals surface area (Å²) < 4.78 is 10.9. The van der Waals surface area contributed by atoms with Crippen LogP contribution in [0.15, 0.2) is 18.2 Å². The summed E-state index contributed by atoms with van der Waals surface area (Å²) in [5.74, 6) is 0.762. The van der Waals surface area contributed by atoms with Crippen LogP contribution in [0.5, 0.6) is 11.5 Å². The topological polar surface area (TPSA) is 59.0 Å². The van der Waals surface area contributed by atoms with Crippen LogP contribution in [0, 0.1) is 5.92 Å². The molecule has 1 aliphatic heterocycles. The molecule has 1 unspecified atom stereocenters. The van der Waals surface area contributed by atoms with Gasteiger partial charge in [0, 0.05) is 17.7 Å². The van der Waals surface area contributed by atoms with Crippen molar-refractivity contribution in [2.24, 2.45) is 5.92 Å². The zero-order valence-corrected chi connectivity index (χ0v) is 15.0. The Kier molecular flexibility index (Phi) is 6.91. The van der Waals surface area contributed by atoms with E-state index in [4.69, 9.17) is 9.47 Å². The van der Waals surface area contributed by atoms with Gasteiger partial charge in [-0.05, 0) is 38.4 Å². The molecule has 1 N–H and O–H groups in total. The number of carboxylic acid groups (broad SMARTS) is 1. The molecular weight excluding hydrogens is 306 g/mol. The molecule has 0 aromatic heterocycles. The van der Waals surface area contributed by atoms with E-state index in [2.05, 4.69) is 17.9 Å². The fourth-order valence-corrected chi connectivity index (χ4v) is 3.48.